The van der Waals surface area contributed by atoms with Gasteiger partial charge in [-0.05, 0) is 31.0 Å². The van der Waals surface area contributed by atoms with Crippen molar-refractivity contribution >= 4 is 11.6 Å². The molecule has 0 saturated carbocycles. The van der Waals surface area contributed by atoms with Crippen LogP contribution in [0.2, 0.25) is 0 Å². The number of hydrogen-bond acceptors (Lipinski definition) is 3. The van der Waals surface area contributed by atoms with Crippen molar-refractivity contribution in [3.8, 4) is 0 Å². The Bertz CT molecular complexity index is 372. The number of benzene rings is 1. The third-order valence-electron chi connectivity index (χ3n) is 2.59. The lowest BCUT2D eigenvalue weighted by Crippen LogP contribution is -2.35. The predicted octanol–water partition coefficient (Wildman–Crippen LogP) is 1.80. The molecule has 1 aliphatic heterocycles. The SMILES string of the molecule is CC(O)c1ccc(N2OCCCC2=O)cc1. The first kappa shape index (κ1) is 11.1. The fraction of sp³-hybridized carbons (Fsp3) is 0.417. The molecule has 0 radical (unpaired) electrons. The van der Waals surface area contributed by atoms with Crippen LogP contribution in [0.15, 0.2) is 24.3 Å². The van der Waals surface area contributed by atoms with Gasteiger partial charge in [0.05, 0.1) is 18.4 Å². The van der Waals surface area contributed by atoms with Crippen LogP contribution >= 0.6 is 0 Å². The highest BCUT2D eigenvalue weighted by molar-refractivity contribution is 5.91. The Balaban J connectivity index is 2.17. The highest BCUT2D eigenvalue weighted by Gasteiger charge is 2.20. The van der Waals surface area contributed by atoms with Gasteiger partial charge < -0.3 is 5.11 Å². The summed E-state index contributed by atoms with van der Waals surface area (Å²) in [5.74, 6) is -0.0175. The van der Waals surface area contributed by atoms with Gasteiger partial charge >= 0.3 is 0 Å². The van der Waals surface area contributed by atoms with Gasteiger partial charge in [-0.2, -0.15) is 5.06 Å². The zero-order chi connectivity index (χ0) is 11.5. The molecule has 4 nitrogen and oxygen atoms in total. The van der Waals surface area contributed by atoms with Gasteiger partial charge in [0.1, 0.15) is 0 Å². The summed E-state index contributed by atoms with van der Waals surface area (Å²) < 4.78 is 0. The summed E-state index contributed by atoms with van der Waals surface area (Å²) in [6.07, 6.45) is 0.811. The zero-order valence-electron chi connectivity index (χ0n) is 9.22. The van der Waals surface area contributed by atoms with Crippen molar-refractivity contribution in [2.75, 3.05) is 11.7 Å². The molecule has 0 bridgehead atoms. The number of carbonyl (C=O) groups excluding carboxylic acids is 1. The number of anilines is 1. The van der Waals surface area contributed by atoms with Gasteiger partial charge in [0, 0.05) is 6.42 Å². The Morgan fingerprint density at radius 2 is 2.06 bits per heavy atom. The summed E-state index contributed by atoms with van der Waals surface area (Å²) in [6.45, 7) is 2.28. The summed E-state index contributed by atoms with van der Waals surface area (Å²) in [6, 6.07) is 7.16. The summed E-state index contributed by atoms with van der Waals surface area (Å²) in [5, 5.41) is 10.7. The topological polar surface area (TPSA) is 49.8 Å². The maximum absolute atomic E-state index is 11.6. The molecule has 1 unspecified atom stereocenters. The molecule has 1 heterocycles. The third-order valence-corrected chi connectivity index (χ3v) is 2.59. The van der Waals surface area contributed by atoms with Gasteiger partial charge in [0.15, 0.2) is 0 Å². The van der Waals surface area contributed by atoms with Crippen molar-refractivity contribution in [2.24, 2.45) is 0 Å². The molecular formula is C12H15NO3. The van der Waals surface area contributed by atoms with Crippen molar-refractivity contribution in [3.05, 3.63) is 29.8 Å². The summed E-state index contributed by atoms with van der Waals surface area (Å²) in [7, 11) is 0. The van der Waals surface area contributed by atoms with E-state index in [-0.39, 0.29) is 5.91 Å². The number of hydrogen-bond donors (Lipinski definition) is 1. The number of amides is 1. The molecular weight excluding hydrogens is 206 g/mol. The molecule has 4 heteroatoms. The Labute approximate surface area is 94.4 Å². The minimum absolute atomic E-state index is 0.0175. The van der Waals surface area contributed by atoms with Crippen LogP contribution in [0.4, 0.5) is 5.69 Å². The van der Waals surface area contributed by atoms with Gasteiger partial charge in [0.25, 0.3) is 5.91 Å². The number of rotatable bonds is 2. The van der Waals surface area contributed by atoms with E-state index in [1.807, 2.05) is 0 Å². The van der Waals surface area contributed by atoms with Crippen molar-refractivity contribution in [1.82, 2.24) is 0 Å². The van der Waals surface area contributed by atoms with Crippen LogP contribution in [0.25, 0.3) is 0 Å². The molecule has 0 aromatic heterocycles. The lowest BCUT2D eigenvalue weighted by molar-refractivity contribution is -0.129. The minimum Gasteiger partial charge on any atom is -0.389 e. The minimum atomic E-state index is -0.493. The van der Waals surface area contributed by atoms with Crippen LogP contribution in [-0.4, -0.2) is 17.6 Å². The first-order chi connectivity index (χ1) is 7.68. The standard InChI is InChI=1S/C12H15NO3/c1-9(14)10-4-6-11(7-5-10)13-12(15)3-2-8-16-13/h4-7,9,14H,2-3,8H2,1H3. The predicted molar refractivity (Wildman–Crippen MR) is 59.7 cm³/mol. The smallest absolute Gasteiger partial charge is 0.250 e. The molecule has 1 saturated heterocycles. The van der Waals surface area contributed by atoms with E-state index in [9.17, 15) is 9.90 Å². The fourth-order valence-corrected chi connectivity index (χ4v) is 1.66. The van der Waals surface area contributed by atoms with Crippen molar-refractivity contribution in [2.45, 2.75) is 25.9 Å². The number of carbonyl (C=O) groups is 1. The van der Waals surface area contributed by atoms with Crippen molar-refractivity contribution < 1.29 is 14.7 Å². The Morgan fingerprint density at radius 1 is 1.38 bits per heavy atom. The van der Waals surface area contributed by atoms with E-state index in [4.69, 9.17) is 4.84 Å². The molecule has 1 aromatic rings. The molecule has 1 N–H and O–H groups in total. The molecule has 86 valence electrons. The lowest BCUT2D eigenvalue weighted by Gasteiger charge is -2.25. The van der Waals surface area contributed by atoms with Crippen molar-refractivity contribution in [1.29, 1.82) is 0 Å². The van der Waals surface area contributed by atoms with Crippen LogP contribution in [0.3, 0.4) is 0 Å². The van der Waals surface area contributed by atoms with E-state index in [1.54, 1.807) is 31.2 Å². The monoisotopic (exact) mass is 221 g/mol. The zero-order valence-corrected chi connectivity index (χ0v) is 9.22. The van der Waals surface area contributed by atoms with E-state index in [2.05, 4.69) is 0 Å². The van der Waals surface area contributed by atoms with Gasteiger partial charge in [-0.1, -0.05) is 12.1 Å². The molecule has 1 aliphatic rings. The second-order valence-electron chi connectivity index (χ2n) is 3.89. The van der Waals surface area contributed by atoms with Gasteiger partial charge in [-0.3, -0.25) is 9.63 Å². The third kappa shape index (κ3) is 2.23. The number of aliphatic hydroxyl groups excluding tert-OH is 1. The average Bonchev–Trinajstić information content (AvgIpc) is 2.30. The van der Waals surface area contributed by atoms with E-state index in [0.29, 0.717) is 18.7 Å². The van der Waals surface area contributed by atoms with Gasteiger partial charge in [0.2, 0.25) is 0 Å². The summed E-state index contributed by atoms with van der Waals surface area (Å²) >= 11 is 0. The van der Waals surface area contributed by atoms with Crippen LogP contribution in [-0.2, 0) is 9.63 Å². The molecule has 16 heavy (non-hydrogen) atoms. The maximum atomic E-state index is 11.6. The quantitative estimate of drug-likeness (QED) is 0.828. The summed E-state index contributed by atoms with van der Waals surface area (Å²) in [4.78, 5) is 16.9. The molecule has 0 spiro atoms. The Hall–Kier alpha value is -1.39. The van der Waals surface area contributed by atoms with E-state index < -0.39 is 6.10 Å². The molecule has 2 rings (SSSR count). The van der Waals surface area contributed by atoms with Crippen LogP contribution in [0.5, 0.6) is 0 Å². The molecule has 1 fully saturated rings. The van der Waals surface area contributed by atoms with E-state index in [0.717, 1.165) is 12.0 Å². The second-order valence-corrected chi connectivity index (χ2v) is 3.89. The molecule has 0 aliphatic carbocycles. The largest absolute Gasteiger partial charge is 0.389 e. The highest BCUT2D eigenvalue weighted by atomic mass is 16.7. The average molecular weight is 221 g/mol. The second kappa shape index (κ2) is 4.63. The normalized spacial score (nSPS) is 18.6. The van der Waals surface area contributed by atoms with Crippen LogP contribution in [0.1, 0.15) is 31.4 Å². The maximum Gasteiger partial charge on any atom is 0.250 e. The Morgan fingerprint density at radius 3 is 2.62 bits per heavy atom. The number of hydroxylamine groups is 1. The molecule has 1 aromatic carbocycles. The molecule has 1 atom stereocenters. The van der Waals surface area contributed by atoms with Crippen molar-refractivity contribution in [3.63, 3.8) is 0 Å². The fourth-order valence-electron chi connectivity index (χ4n) is 1.66. The summed E-state index contributed by atoms with van der Waals surface area (Å²) in [5.41, 5.74) is 1.54. The Kier molecular flexibility index (Phi) is 3.22. The first-order valence-electron chi connectivity index (χ1n) is 5.42. The van der Waals surface area contributed by atoms with E-state index in [1.165, 1.54) is 5.06 Å². The number of nitrogens with zero attached hydrogens (tertiary/aromatic N) is 1. The van der Waals surface area contributed by atoms with Gasteiger partial charge in [-0.15, -0.1) is 0 Å². The molecule has 1 amide bonds. The van der Waals surface area contributed by atoms with Crippen LogP contribution < -0.4 is 5.06 Å². The van der Waals surface area contributed by atoms with E-state index >= 15 is 0 Å². The van der Waals surface area contributed by atoms with Gasteiger partial charge in [-0.25, -0.2) is 0 Å². The number of aliphatic hydroxyl groups is 1. The first-order valence-corrected chi connectivity index (χ1v) is 5.42. The van der Waals surface area contributed by atoms with Crippen LogP contribution in [0, 0.1) is 0 Å². The highest BCUT2D eigenvalue weighted by Crippen LogP contribution is 2.22. The lowest BCUT2D eigenvalue weighted by atomic mass is 10.1.